The molecule has 3 heterocycles. The Morgan fingerprint density at radius 3 is 2.96 bits per heavy atom. The van der Waals surface area contributed by atoms with Gasteiger partial charge in [0.1, 0.15) is 18.2 Å². The first-order valence-corrected chi connectivity index (χ1v) is 8.79. The quantitative estimate of drug-likeness (QED) is 0.704. The van der Waals surface area contributed by atoms with Gasteiger partial charge in [-0.25, -0.2) is 4.98 Å². The number of nitrogens with zero attached hydrogens (tertiary/aromatic N) is 5. The standard InChI is InChI=1S/C19H21N5O3/c1-12-4-5-16(26-3)14(8-12)18(25)23-6-7-27-17(10-23)15-9-13(2)22-19-20-11-21-24(15)19/h4-5,8-9,11,17H,6-7,10H2,1-3H3. The average Bonchev–Trinajstić information content (AvgIpc) is 3.15. The van der Waals surface area contributed by atoms with Crippen LogP contribution in [0.1, 0.15) is 33.4 Å². The highest BCUT2D eigenvalue weighted by molar-refractivity contribution is 5.97. The number of amides is 1. The van der Waals surface area contributed by atoms with Crippen LogP contribution in [0.5, 0.6) is 5.75 Å². The number of morpholine rings is 1. The zero-order valence-corrected chi connectivity index (χ0v) is 15.5. The zero-order valence-electron chi connectivity index (χ0n) is 15.5. The second kappa shape index (κ2) is 6.96. The molecule has 3 aromatic rings. The fourth-order valence-electron chi connectivity index (χ4n) is 3.36. The number of hydrogen-bond acceptors (Lipinski definition) is 6. The normalized spacial score (nSPS) is 17.3. The van der Waals surface area contributed by atoms with E-state index < -0.39 is 0 Å². The van der Waals surface area contributed by atoms with E-state index in [2.05, 4.69) is 15.1 Å². The molecule has 0 radical (unpaired) electrons. The number of aryl methyl sites for hydroxylation is 2. The third-order valence-electron chi connectivity index (χ3n) is 4.68. The van der Waals surface area contributed by atoms with Crippen molar-refractivity contribution in [2.24, 2.45) is 0 Å². The number of aromatic nitrogens is 4. The van der Waals surface area contributed by atoms with E-state index in [4.69, 9.17) is 9.47 Å². The van der Waals surface area contributed by atoms with Crippen molar-refractivity contribution in [3.8, 4) is 5.75 Å². The molecule has 1 aromatic carbocycles. The van der Waals surface area contributed by atoms with Crippen molar-refractivity contribution < 1.29 is 14.3 Å². The molecule has 140 valence electrons. The molecule has 1 amide bonds. The Morgan fingerprint density at radius 2 is 2.15 bits per heavy atom. The van der Waals surface area contributed by atoms with E-state index in [-0.39, 0.29) is 12.0 Å². The van der Waals surface area contributed by atoms with Crippen molar-refractivity contribution in [1.82, 2.24) is 24.5 Å². The van der Waals surface area contributed by atoms with Crippen LogP contribution in [0.25, 0.3) is 5.78 Å². The van der Waals surface area contributed by atoms with Crippen LogP contribution < -0.4 is 4.74 Å². The van der Waals surface area contributed by atoms with Crippen LogP contribution in [0.2, 0.25) is 0 Å². The highest BCUT2D eigenvalue weighted by Gasteiger charge is 2.29. The van der Waals surface area contributed by atoms with Crippen LogP contribution in [0.15, 0.2) is 30.6 Å². The number of carbonyl (C=O) groups is 1. The van der Waals surface area contributed by atoms with Crippen LogP contribution in [-0.2, 0) is 4.74 Å². The first-order chi connectivity index (χ1) is 13.1. The largest absolute Gasteiger partial charge is 0.496 e. The Balaban J connectivity index is 1.64. The van der Waals surface area contributed by atoms with E-state index in [0.29, 0.717) is 36.8 Å². The van der Waals surface area contributed by atoms with Gasteiger partial charge in [-0.3, -0.25) is 4.79 Å². The number of rotatable bonds is 3. The second-order valence-corrected chi connectivity index (χ2v) is 6.61. The van der Waals surface area contributed by atoms with Crippen molar-refractivity contribution in [3.05, 3.63) is 53.1 Å². The summed E-state index contributed by atoms with van der Waals surface area (Å²) in [4.78, 5) is 23.4. The number of hydrogen-bond donors (Lipinski definition) is 0. The molecule has 0 saturated carbocycles. The Labute approximate surface area is 156 Å². The van der Waals surface area contributed by atoms with Crippen LogP contribution in [0.4, 0.5) is 0 Å². The van der Waals surface area contributed by atoms with Gasteiger partial charge >= 0.3 is 0 Å². The summed E-state index contributed by atoms with van der Waals surface area (Å²) in [6, 6.07) is 7.54. The van der Waals surface area contributed by atoms with Gasteiger partial charge in [-0.2, -0.15) is 14.6 Å². The van der Waals surface area contributed by atoms with Gasteiger partial charge in [0, 0.05) is 12.2 Å². The number of benzene rings is 1. The Morgan fingerprint density at radius 1 is 1.30 bits per heavy atom. The molecule has 1 atom stereocenters. The van der Waals surface area contributed by atoms with E-state index in [1.165, 1.54) is 6.33 Å². The molecular weight excluding hydrogens is 346 g/mol. The SMILES string of the molecule is COc1ccc(C)cc1C(=O)N1CCOC(c2cc(C)nc3ncnn23)C1. The maximum atomic E-state index is 13.1. The summed E-state index contributed by atoms with van der Waals surface area (Å²) in [5, 5.41) is 4.24. The minimum Gasteiger partial charge on any atom is -0.496 e. The molecular formula is C19H21N5O3. The Hall–Kier alpha value is -3.00. The summed E-state index contributed by atoms with van der Waals surface area (Å²) in [5.41, 5.74) is 3.25. The maximum absolute atomic E-state index is 13.1. The summed E-state index contributed by atoms with van der Waals surface area (Å²) < 4.78 is 13.0. The van der Waals surface area contributed by atoms with E-state index in [1.807, 2.05) is 38.1 Å². The van der Waals surface area contributed by atoms with Gasteiger partial charge in [-0.1, -0.05) is 11.6 Å². The molecule has 27 heavy (non-hydrogen) atoms. The molecule has 2 aromatic heterocycles. The molecule has 0 N–H and O–H groups in total. The van der Waals surface area contributed by atoms with Crippen molar-refractivity contribution in [2.45, 2.75) is 20.0 Å². The van der Waals surface area contributed by atoms with E-state index >= 15 is 0 Å². The fraction of sp³-hybridized carbons (Fsp3) is 0.368. The van der Waals surface area contributed by atoms with Crippen molar-refractivity contribution in [3.63, 3.8) is 0 Å². The van der Waals surface area contributed by atoms with Gasteiger partial charge in [0.25, 0.3) is 11.7 Å². The molecule has 1 fully saturated rings. The number of fused-ring (bicyclic) bond motifs is 1. The molecule has 4 rings (SSSR count). The van der Waals surface area contributed by atoms with Gasteiger partial charge in [0.05, 0.1) is 31.5 Å². The first kappa shape index (κ1) is 17.4. The molecule has 1 unspecified atom stereocenters. The van der Waals surface area contributed by atoms with Crippen molar-refractivity contribution in [2.75, 3.05) is 26.8 Å². The van der Waals surface area contributed by atoms with E-state index in [1.54, 1.807) is 16.5 Å². The average molecular weight is 367 g/mol. The summed E-state index contributed by atoms with van der Waals surface area (Å²) in [7, 11) is 1.57. The topological polar surface area (TPSA) is 81.8 Å². The van der Waals surface area contributed by atoms with Crippen LogP contribution >= 0.6 is 0 Å². The zero-order chi connectivity index (χ0) is 19.0. The lowest BCUT2D eigenvalue weighted by molar-refractivity contribution is -0.0258. The summed E-state index contributed by atoms with van der Waals surface area (Å²) >= 11 is 0. The van der Waals surface area contributed by atoms with Crippen LogP contribution in [-0.4, -0.2) is 57.2 Å². The van der Waals surface area contributed by atoms with Gasteiger partial charge in [0.2, 0.25) is 0 Å². The number of ether oxygens (including phenoxy) is 2. The lowest BCUT2D eigenvalue weighted by Gasteiger charge is -2.33. The highest BCUT2D eigenvalue weighted by Crippen LogP contribution is 2.27. The predicted octanol–water partition coefficient (Wildman–Crippen LogP) is 1.96. The van der Waals surface area contributed by atoms with Gasteiger partial charge in [-0.05, 0) is 32.0 Å². The minimum atomic E-state index is -0.301. The number of carbonyl (C=O) groups excluding carboxylic acids is 1. The maximum Gasteiger partial charge on any atom is 0.257 e. The third kappa shape index (κ3) is 3.23. The fourth-order valence-corrected chi connectivity index (χ4v) is 3.36. The molecule has 8 heteroatoms. The predicted molar refractivity (Wildman–Crippen MR) is 97.8 cm³/mol. The second-order valence-electron chi connectivity index (χ2n) is 6.61. The summed E-state index contributed by atoms with van der Waals surface area (Å²) in [5.74, 6) is 1.04. The van der Waals surface area contributed by atoms with Gasteiger partial charge < -0.3 is 14.4 Å². The lowest BCUT2D eigenvalue weighted by Crippen LogP contribution is -2.42. The van der Waals surface area contributed by atoms with Crippen molar-refractivity contribution in [1.29, 1.82) is 0 Å². The Bertz CT molecular complexity index is 1000. The van der Waals surface area contributed by atoms with Gasteiger partial charge in [-0.15, -0.1) is 0 Å². The molecule has 1 saturated heterocycles. The van der Waals surface area contributed by atoms with Crippen LogP contribution in [0.3, 0.4) is 0 Å². The number of methoxy groups -OCH3 is 1. The van der Waals surface area contributed by atoms with E-state index in [9.17, 15) is 4.79 Å². The Kier molecular flexibility index (Phi) is 4.49. The summed E-state index contributed by atoms with van der Waals surface area (Å²) in [6.07, 6.45) is 1.17. The summed E-state index contributed by atoms with van der Waals surface area (Å²) in [6.45, 7) is 5.26. The monoisotopic (exact) mass is 367 g/mol. The first-order valence-electron chi connectivity index (χ1n) is 8.79. The van der Waals surface area contributed by atoms with Gasteiger partial charge in [0.15, 0.2) is 0 Å². The van der Waals surface area contributed by atoms with Crippen molar-refractivity contribution >= 4 is 11.7 Å². The molecule has 1 aliphatic rings. The van der Waals surface area contributed by atoms with Crippen LogP contribution in [0, 0.1) is 13.8 Å². The van der Waals surface area contributed by atoms with E-state index in [0.717, 1.165) is 17.0 Å². The third-order valence-corrected chi connectivity index (χ3v) is 4.68. The molecule has 0 aliphatic carbocycles. The lowest BCUT2D eigenvalue weighted by atomic mass is 10.1. The molecule has 8 nitrogen and oxygen atoms in total. The molecule has 0 spiro atoms. The highest BCUT2D eigenvalue weighted by atomic mass is 16.5. The smallest absolute Gasteiger partial charge is 0.257 e. The molecule has 0 bridgehead atoms. The minimum absolute atomic E-state index is 0.0653. The molecule has 1 aliphatic heterocycles.